The van der Waals surface area contributed by atoms with E-state index in [0.717, 1.165) is 71.2 Å². The number of para-hydroxylation sites is 1. The molecule has 2 N–H and O–H groups in total. The number of carbonyl (C=O) groups is 3. The monoisotopic (exact) mass is 929 g/mol. The van der Waals surface area contributed by atoms with Crippen LogP contribution in [0.4, 0.5) is 10.9 Å². The molecule has 5 aromatic rings. The van der Waals surface area contributed by atoms with Crippen molar-refractivity contribution in [1.82, 2.24) is 25.1 Å². The van der Waals surface area contributed by atoms with Crippen LogP contribution in [0.25, 0.3) is 21.3 Å². The lowest BCUT2D eigenvalue weighted by Gasteiger charge is -2.69. The van der Waals surface area contributed by atoms with E-state index in [4.69, 9.17) is 24.3 Å². The summed E-state index contributed by atoms with van der Waals surface area (Å²) in [6, 6.07) is 17.7. The number of pyridine rings is 1. The number of hydrogen-bond acceptors (Lipinski definition) is 12. The zero-order chi connectivity index (χ0) is 47.6. The number of esters is 2. The standard InChI is InChI=1S/C53H67N7O6S/c1-34-38(25-55-60(34)33-52-28-50(8)27-51(9,29-52)31-53(30-50,32-52)64-24-22-54-21-19-43(61)65-48(2,3)4)36-17-18-42(57-44(36)46(63)66-49(5,6)7)59-23-20-35-13-12-14-37(39(35)26-59)45(62)58-47-56-40-15-10-11-16-41(40)67-47/h10-18,25,54H,19-24,26-33H2,1-9H3,(H,56,58,62). The SMILES string of the molecule is Cc1c(-c2ccc(N3CCc4cccc(C(=O)Nc5nc6ccccc6s5)c4C3)nc2C(=O)OC(C)(C)C)cnn1CC12CC3(C)CC(C)(C1)CC(OCCNCCC(=O)OC(C)(C)C)(C3)C2. The maximum atomic E-state index is 14.2. The second-order valence-electron chi connectivity index (χ2n) is 22.7. The first-order valence-corrected chi connectivity index (χ1v) is 24.8. The van der Waals surface area contributed by atoms with Gasteiger partial charge in [0.05, 0.1) is 35.0 Å². The number of aromatic nitrogens is 4. The maximum Gasteiger partial charge on any atom is 0.358 e. The van der Waals surface area contributed by atoms with Crippen LogP contribution in [0.15, 0.2) is 60.8 Å². The van der Waals surface area contributed by atoms with Crippen LogP contribution in [0, 0.1) is 23.2 Å². The van der Waals surface area contributed by atoms with E-state index in [-0.39, 0.29) is 39.4 Å². The van der Waals surface area contributed by atoms with Crippen molar-refractivity contribution in [2.75, 3.05) is 36.5 Å². The highest BCUT2D eigenvalue weighted by atomic mass is 32.1. The van der Waals surface area contributed by atoms with Crippen LogP contribution < -0.4 is 15.5 Å². The molecule has 2 unspecified atom stereocenters. The van der Waals surface area contributed by atoms with Gasteiger partial charge in [0.15, 0.2) is 10.8 Å². The molecule has 4 fully saturated rings. The zero-order valence-corrected chi connectivity index (χ0v) is 41.6. The van der Waals surface area contributed by atoms with E-state index < -0.39 is 17.2 Å². The Morgan fingerprint density at radius 2 is 1.57 bits per heavy atom. The lowest BCUT2D eigenvalue weighted by Crippen LogP contribution is -2.64. The van der Waals surface area contributed by atoms with Crippen LogP contribution in [0.5, 0.6) is 0 Å². The molecule has 356 valence electrons. The van der Waals surface area contributed by atoms with Gasteiger partial charge in [-0.05, 0) is 151 Å². The van der Waals surface area contributed by atoms with Crippen molar-refractivity contribution in [3.8, 4) is 11.1 Å². The molecule has 4 heterocycles. The normalized spacial score (nSPS) is 24.5. The lowest BCUT2D eigenvalue weighted by atomic mass is 9.39. The summed E-state index contributed by atoms with van der Waals surface area (Å²) in [7, 11) is 0. The highest BCUT2D eigenvalue weighted by Gasteiger charge is 2.66. The molecule has 4 aliphatic carbocycles. The number of nitrogens with one attached hydrogen (secondary N) is 2. The minimum absolute atomic E-state index is 0.00123. The number of amides is 1. The Morgan fingerprint density at radius 3 is 2.30 bits per heavy atom. The number of ether oxygens (including phenoxy) is 3. The number of hydrogen-bond donors (Lipinski definition) is 2. The van der Waals surface area contributed by atoms with Gasteiger partial charge in [-0.3, -0.25) is 19.6 Å². The lowest BCUT2D eigenvalue weighted by molar-refractivity contribution is -0.247. The third-order valence-corrected chi connectivity index (χ3v) is 14.9. The van der Waals surface area contributed by atoms with Gasteiger partial charge < -0.3 is 24.4 Å². The number of carbonyl (C=O) groups excluding carboxylic acids is 3. The van der Waals surface area contributed by atoms with Gasteiger partial charge in [0.2, 0.25) is 0 Å². The summed E-state index contributed by atoms with van der Waals surface area (Å²) in [4.78, 5) is 52.1. The summed E-state index contributed by atoms with van der Waals surface area (Å²) in [6.45, 7) is 22.0. The summed E-state index contributed by atoms with van der Waals surface area (Å²) in [5, 5.41) is 12.0. The molecule has 2 aromatic carbocycles. The Bertz CT molecular complexity index is 2660. The molecule has 13 nitrogen and oxygen atoms in total. The summed E-state index contributed by atoms with van der Waals surface area (Å²) in [6.07, 6.45) is 9.44. The van der Waals surface area contributed by atoms with E-state index >= 15 is 0 Å². The first kappa shape index (κ1) is 46.9. The van der Waals surface area contributed by atoms with Crippen LogP contribution in [0.1, 0.15) is 138 Å². The molecule has 1 amide bonds. The zero-order valence-electron chi connectivity index (χ0n) is 40.8. The number of fused-ring (bicyclic) bond motifs is 2. The number of anilines is 2. The maximum absolute atomic E-state index is 14.2. The number of rotatable bonds is 14. The van der Waals surface area contributed by atoms with Gasteiger partial charge in [-0.15, -0.1) is 0 Å². The van der Waals surface area contributed by atoms with Crippen LogP contribution in [-0.2, 0) is 38.5 Å². The van der Waals surface area contributed by atoms with Gasteiger partial charge in [0, 0.05) is 55.1 Å². The predicted molar refractivity (Wildman–Crippen MR) is 262 cm³/mol. The molecular weight excluding hydrogens is 863 g/mol. The molecule has 2 atom stereocenters. The fourth-order valence-electron chi connectivity index (χ4n) is 12.8. The summed E-state index contributed by atoms with van der Waals surface area (Å²) >= 11 is 1.45. The number of benzene rings is 2. The van der Waals surface area contributed by atoms with E-state index in [0.29, 0.717) is 67.7 Å². The smallest absolute Gasteiger partial charge is 0.358 e. The molecule has 0 spiro atoms. The molecule has 4 bridgehead atoms. The Hall–Kier alpha value is -5.18. The van der Waals surface area contributed by atoms with Gasteiger partial charge in [-0.2, -0.15) is 5.10 Å². The van der Waals surface area contributed by atoms with Crippen LogP contribution in [0.2, 0.25) is 0 Å². The van der Waals surface area contributed by atoms with E-state index in [9.17, 15) is 14.4 Å². The molecule has 67 heavy (non-hydrogen) atoms. The molecule has 5 aliphatic rings. The third-order valence-electron chi connectivity index (χ3n) is 14.0. The molecule has 3 aromatic heterocycles. The largest absolute Gasteiger partial charge is 0.460 e. The average molecular weight is 930 g/mol. The molecule has 10 rings (SSSR count). The van der Waals surface area contributed by atoms with E-state index in [1.807, 2.05) is 96.3 Å². The first-order chi connectivity index (χ1) is 31.6. The minimum atomic E-state index is -0.736. The highest BCUT2D eigenvalue weighted by Crippen LogP contribution is 2.72. The van der Waals surface area contributed by atoms with Crippen LogP contribution in [0.3, 0.4) is 0 Å². The molecule has 1 aliphatic heterocycles. The van der Waals surface area contributed by atoms with Crippen molar-refractivity contribution < 1.29 is 28.6 Å². The molecular formula is C53H67N7O6S. The van der Waals surface area contributed by atoms with Gasteiger partial charge in [0.1, 0.15) is 17.0 Å². The van der Waals surface area contributed by atoms with Crippen molar-refractivity contribution in [2.45, 2.75) is 144 Å². The second-order valence-corrected chi connectivity index (χ2v) is 23.8. The third kappa shape index (κ3) is 10.2. The van der Waals surface area contributed by atoms with Crippen molar-refractivity contribution in [3.63, 3.8) is 0 Å². The van der Waals surface area contributed by atoms with Crippen LogP contribution >= 0.6 is 11.3 Å². The fraction of sp³-hybridized carbons (Fsp3) is 0.547. The molecule has 14 heteroatoms. The Balaban J connectivity index is 0.935. The van der Waals surface area contributed by atoms with Crippen LogP contribution in [-0.4, -0.2) is 80.6 Å². The van der Waals surface area contributed by atoms with Crippen molar-refractivity contribution >= 4 is 50.3 Å². The summed E-state index contributed by atoms with van der Waals surface area (Å²) in [5.41, 5.74) is 5.13. The Labute approximate surface area is 398 Å². The van der Waals surface area contributed by atoms with Crippen molar-refractivity contribution in [1.29, 1.82) is 0 Å². The van der Waals surface area contributed by atoms with E-state index in [1.54, 1.807) is 0 Å². The van der Waals surface area contributed by atoms with E-state index in [2.05, 4.69) is 52.0 Å². The fourth-order valence-corrected chi connectivity index (χ4v) is 13.7. The predicted octanol–water partition coefficient (Wildman–Crippen LogP) is 10.1. The van der Waals surface area contributed by atoms with Gasteiger partial charge in [-0.25, -0.2) is 14.8 Å². The number of thiazole rings is 1. The van der Waals surface area contributed by atoms with Gasteiger partial charge in [0.25, 0.3) is 5.91 Å². The molecule has 0 radical (unpaired) electrons. The molecule has 0 saturated heterocycles. The minimum Gasteiger partial charge on any atom is -0.460 e. The Kier molecular flexibility index (Phi) is 12.2. The first-order valence-electron chi connectivity index (χ1n) is 24.0. The average Bonchev–Trinajstić information content (AvgIpc) is 3.80. The van der Waals surface area contributed by atoms with Crippen molar-refractivity contribution in [3.05, 3.63) is 88.9 Å². The number of nitrogens with zero attached hydrogens (tertiary/aromatic N) is 5. The van der Waals surface area contributed by atoms with Gasteiger partial charge in [-0.1, -0.05) is 49.4 Å². The highest BCUT2D eigenvalue weighted by molar-refractivity contribution is 7.22. The summed E-state index contributed by atoms with van der Waals surface area (Å²) < 4.78 is 21.6. The quantitative estimate of drug-likeness (QED) is 0.0809. The van der Waals surface area contributed by atoms with Crippen molar-refractivity contribution in [2.24, 2.45) is 16.2 Å². The topological polar surface area (TPSA) is 150 Å². The van der Waals surface area contributed by atoms with Gasteiger partial charge >= 0.3 is 11.9 Å². The summed E-state index contributed by atoms with van der Waals surface area (Å²) in [5.74, 6) is -0.255. The molecule has 4 saturated carbocycles. The van der Waals surface area contributed by atoms with E-state index in [1.165, 1.54) is 17.8 Å². The second kappa shape index (κ2) is 17.4. The Morgan fingerprint density at radius 1 is 0.821 bits per heavy atom.